The van der Waals surface area contributed by atoms with Crippen molar-refractivity contribution in [3.8, 4) is 39.3 Å². The summed E-state index contributed by atoms with van der Waals surface area (Å²) < 4.78 is 11.0. The lowest BCUT2D eigenvalue weighted by molar-refractivity contribution is -0.700. The first-order chi connectivity index (χ1) is 22.7. The molecule has 46 heavy (non-hydrogen) atoms. The molecule has 4 aromatic carbocycles. The van der Waals surface area contributed by atoms with E-state index >= 15 is 0 Å². The third kappa shape index (κ3) is 4.11. The number of aromatic nitrogens is 3. The molecule has 0 unspecified atom stereocenters. The van der Waals surface area contributed by atoms with Crippen molar-refractivity contribution in [1.29, 1.82) is 0 Å². The molecule has 9 aromatic rings. The predicted octanol–water partition coefficient (Wildman–Crippen LogP) is 9.46. The predicted molar refractivity (Wildman–Crippen MR) is 185 cm³/mol. The van der Waals surface area contributed by atoms with Crippen LogP contribution in [0.4, 0.5) is 0 Å². The maximum atomic E-state index is 6.39. The molecule has 0 bridgehead atoms. The molecule has 4 nitrogen and oxygen atoms in total. The lowest BCUT2D eigenvalue weighted by Gasteiger charge is -2.13. The molecule has 0 N–H and O–H groups in total. The monoisotopic (exact) mass is 591 g/mol. The van der Waals surface area contributed by atoms with E-state index in [1.807, 2.05) is 6.07 Å². The zero-order chi connectivity index (χ0) is 30.6. The highest BCUT2D eigenvalue weighted by atomic mass is 16.3. The molecule has 0 aliphatic rings. The van der Waals surface area contributed by atoms with Gasteiger partial charge in [-0.05, 0) is 71.1 Å². The van der Waals surface area contributed by atoms with Crippen LogP contribution in [-0.2, 0) is 0 Å². The Morgan fingerprint density at radius 1 is 0.587 bits per heavy atom. The maximum Gasteiger partial charge on any atom is 0.456 e. The van der Waals surface area contributed by atoms with Gasteiger partial charge in [0.15, 0.2) is 18.0 Å². The van der Waals surface area contributed by atoms with E-state index in [1.54, 1.807) is 6.20 Å². The Kier molecular flexibility index (Phi) is 6.00. The third-order valence-corrected chi connectivity index (χ3v) is 9.04. The first-order valence-electron chi connectivity index (χ1n) is 15.5. The average molecular weight is 592 g/mol. The standard InChI is InChI=1S/C42H29N3O/c1-28-19-20-30(33-15-6-5-14-32(33)29-12-3-2-4-13-29)26-36(28)37-17-7-9-24-44(37)39-27-31-21-22-34-35-16-11-23-43-42(35)46-41(34)40(31)38-18-8-10-25-45(38)39/h2-27H,1H3/q+2. The van der Waals surface area contributed by atoms with Crippen LogP contribution in [0, 0.1) is 6.92 Å². The lowest BCUT2D eigenvalue weighted by atomic mass is 9.92. The van der Waals surface area contributed by atoms with E-state index in [0.717, 1.165) is 44.2 Å². The summed E-state index contributed by atoms with van der Waals surface area (Å²) in [5, 5.41) is 4.29. The summed E-state index contributed by atoms with van der Waals surface area (Å²) in [6, 6.07) is 49.5. The molecule has 216 valence electrons. The van der Waals surface area contributed by atoms with Crippen molar-refractivity contribution in [3.05, 3.63) is 164 Å². The van der Waals surface area contributed by atoms with Gasteiger partial charge in [0, 0.05) is 46.6 Å². The molecule has 0 saturated heterocycles. The third-order valence-electron chi connectivity index (χ3n) is 9.04. The summed E-state index contributed by atoms with van der Waals surface area (Å²) in [4.78, 5) is 4.50. The number of rotatable bonds is 4. The van der Waals surface area contributed by atoms with E-state index < -0.39 is 0 Å². The Morgan fingerprint density at radius 3 is 2.26 bits per heavy atom. The second-order valence-corrected chi connectivity index (χ2v) is 11.7. The number of pyridine rings is 4. The Balaban J connectivity index is 1.27. The van der Waals surface area contributed by atoms with Gasteiger partial charge in [0.2, 0.25) is 16.9 Å². The Bertz CT molecular complexity index is 2600. The van der Waals surface area contributed by atoms with Gasteiger partial charge in [-0.15, -0.1) is 8.97 Å². The fourth-order valence-electron chi connectivity index (χ4n) is 6.85. The van der Waals surface area contributed by atoms with Crippen LogP contribution in [0.3, 0.4) is 0 Å². The fraction of sp³-hybridized carbons (Fsp3) is 0.0238. The van der Waals surface area contributed by atoms with Crippen molar-refractivity contribution >= 4 is 38.4 Å². The summed E-state index contributed by atoms with van der Waals surface area (Å²) in [6.45, 7) is 2.19. The highest BCUT2D eigenvalue weighted by Crippen LogP contribution is 2.36. The average Bonchev–Trinajstić information content (AvgIpc) is 3.51. The Morgan fingerprint density at radius 2 is 1.37 bits per heavy atom. The van der Waals surface area contributed by atoms with Crippen LogP contribution in [0.2, 0.25) is 0 Å². The number of nitrogens with zero attached hydrogens (tertiary/aromatic N) is 3. The molecule has 0 saturated carbocycles. The second-order valence-electron chi connectivity index (χ2n) is 11.7. The molecule has 0 fully saturated rings. The van der Waals surface area contributed by atoms with Crippen molar-refractivity contribution in [2.24, 2.45) is 0 Å². The lowest BCUT2D eigenvalue weighted by Crippen LogP contribution is -2.44. The van der Waals surface area contributed by atoms with Gasteiger partial charge in [-0.1, -0.05) is 72.8 Å². The van der Waals surface area contributed by atoms with Crippen molar-refractivity contribution in [1.82, 2.24) is 4.98 Å². The maximum absolute atomic E-state index is 6.39. The van der Waals surface area contributed by atoms with E-state index in [0.29, 0.717) is 5.71 Å². The minimum absolute atomic E-state index is 0.659. The molecule has 0 spiro atoms. The van der Waals surface area contributed by atoms with Crippen molar-refractivity contribution in [2.75, 3.05) is 0 Å². The van der Waals surface area contributed by atoms with Crippen LogP contribution in [0.15, 0.2) is 163 Å². The summed E-state index contributed by atoms with van der Waals surface area (Å²) in [5.74, 6) is 1.04. The molecule has 5 heterocycles. The first-order valence-corrected chi connectivity index (χ1v) is 15.5. The largest absolute Gasteiger partial charge is 0.456 e. The summed E-state index contributed by atoms with van der Waals surface area (Å²) >= 11 is 0. The number of hydrogen-bond donors (Lipinski definition) is 0. The van der Waals surface area contributed by atoms with Gasteiger partial charge < -0.3 is 4.42 Å². The van der Waals surface area contributed by atoms with Gasteiger partial charge in [0.05, 0.1) is 17.0 Å². The molecule has 0 aliphatic carbocycles. The van der Waals surface area contributed by atoms with Crippen LogP contribution in [0.25, 0.3) is 77.7 Å². The molecule has 5 aromatic heterocycles. The second kappa shape index (κ2) is 10.5. The van der Waals surface area contributed by atoms with Gasteiger partial charge in [-0.2, -0.15) is 0 Å². The van der Waals surface area contributed by atoms with E-state index in [-0.39, 0.29) is 0 Å². The molecule has 9 rings (SSSR count). The minimum atomic E-state index is 0.659. The molecule has 4 heteroatoms. The van der Waals surface area contributed by atoms with E-state index in [4.69, 9.17) is 4.42 Å². The number of aryl methyl sites for hydroxylation is 1. The number of hydrogen-bond acceptors (Lipinski definition) is 2. The molecule has 0 amide bonds. The van der Waals surface area contributed by atoms with Crippen molar-refractivity contribution in [2.45, 2.75) is 6.92 Å². The highest BCUT2D eigenvalue weighted by Gasteiger charge is 2.29. The van der Waals surface area contributed by atoms with E-state index in [2.05, 4.69) is 167 Å². The Labute approximate surface area is 266 Å². The van der Waals surface area contributed by atoms with Crippen LogP contribution in [0.1, 0.15) is 5.56 Å². The quantitative estimate of drug-likeness (QED) is 0.151. The first kappa shape index (κ1) is 26.3. The van der Waals surface area contributed by atoms with Crippen LogP contribution in [0.5, 0.6) is 0 Å². The molecule has 0 atom stereocenters. The van der Waals surface area contributed by atoms with Crippen LogP contribution < -0.4 is 8.97 Å². The van der Waals surface area contributed by atoms with E-state index in [1.165, 1.54) is 33.4 Å². The number of fused-ring (bicyclic) bond motifs is 7. The zero-order valence-corrected chi connectivity index (χ0v) is 25.3. The smallest absolute Gasteiger partial charge is 0.437 e. The molecule has 0 radical (unpaired) electrons. The number of furan rings is 1. The van der Waals surface area contributed by atoms with Gasteiger partial charge in [0.1, 0.15) is 0 Å². The van der Waals surface area contributed by atoms with Crippen LogP contribution >= 0.6 is 0 Å². The molecule has 0 aliphatic heterocycles. The van der Waals surface area contributed by atoms with Gasteiger partial charge in [-0.25, -0.2) is 4.98 Å². The summed E-state index contributed by atoms with van der Waals surface area (Å²) in [5.41, 5.74) is 10.9. The van der Waals surface area contributed by atoms with E-state index in [9.17, 15) is 0 Å². The van der Waals surface area contributed by atoms with Gasteiger partial charge >= 0.3 is 5.82 Å². The normalized spacial score (nSPS) is 11.6. The van der Waals surface area contributed by atoms with Crippen molar-refractivity contribution in [3.63, 3.8) is 0 Å². The Hall–Kier alpha value is -6.13. The van der Waals surface area contributed by atoms with Gasteiger partial charge in [0.25, 0.3) is 0 Å². The van der Waals surface area contributed by atoms with Gasteiger partial charge in [-0.3, -0.25) is 0 Å². The fourth-order valence-corrected chi connectivity index (χ4v) is 6.85. The SMILES string of the molecule is Cc1ccc(-c2ccccc2-c2ccccc2)cc1-c1cccc[n+]1-c1cc2ccc3c4cccnc4oc3c2c2cccc[n+]12. The summed E-state index contributed by atoms with van der Waals surface area (Å²) in [7, 11) is 0. The zero-order valence-electron chi connectivity index (χ0n) is 25.3. The minimum Gasteiger partial charge on any atom is -0.437 e. The van der Waals surface area contributed by atoms with Crippen LogP contribution in [-0.4, -0.2) is 4.98 Å². The van der Waals surface area contributed by atoms with Crippen molar-refractivity contribution < 1.29 is 13.4 Å². The molecular weight excluding hydrogens is 562 g/mol. The highest BCUT2D eigenvalue weighted by molar-refractivity contribution is 6.18. The summed E-state index contributed by atoms with van der Waals surface area (Å²) in [6.07, 6.45) is 6.07. The number of benzene rings is 4. The topological polar surface area (TPSA) is 34.0 Å². The molecular formula is C42H29N3O+2.